The van der Waals surface area contributed by atoms with Gasteiger partial charge in [0.1, 0.15) is 5.82 Å². The van der Waals surface area contributed by atoms with Gasteiger partial charge in [-0.3, -0.25) is 4.79 Å². The quantitative estimate of drug-likeness (QED) is 0.736. The van der Waals surface area contributed by atoms with Gasteiger partial charge in [-0.1, -0.05) is 30.3 Å². The summed E-state index contributed by atoms with van der Waals surface area (Å²) < 4.78 is 13.1. The second kappa shape index (κ2) is 7.42. The van der Waals surface area contributed by atoms with E-state index in [1.807, 2.05) is 30.3 Å². The van der Waals surface area contributed by atoms with E-state index in [0.717, 1.165) is 11.4 Å². The van der Waals surface area contributed by atoms with Crippen molar-refractivity contribution in [3.8, 4) is 0 Å². The maximum atomic E-state index is 13.1. The van der Waals surface area contributed by atoms with E-state index in [2.05, 4.69) is 16.7 Å². The number of rotatable bonds is 5. The molecular formula is C20H16FN2O. The average molecular weight is 319 g/mol. The van der Waals surface area contributed by atoms with Crippen LogP contribution in [0.4, 0.5) is 15.8 Å². The van der Waals surface area contributed by atoms with Gasteiger partial charge in [-0.2, -0.15) is 0 Å². The zero-order valence-electron chi connectivity index (χ0n) is 12.9. The SMILES string of the molecule is O=C(NCc1cccc(F)c1)c1c[c]cc(Nc2ccccc2)c1. The fraction of sp³-hybridized carbons (Fsp3) is 0.0500. The van der Waals surface area contributed by atoms with Crippen LogP contribution in [0.5, 0.6) is 0 Å². The minimum Gasteiger partial charge on any atom is -0.355 e. The van der Waals surface area contributed by atoms with Gasteiger partial charge >= 0.3 is 0 Å². The van der Waals surface area contributed by atoms with Gasteiger partial charge in [0.2, 0.25) is 0 Å². The number of carbonyl (C=O) groups excluding carboxylic acids is 1. The Morgan fingerprint density at radius 3 is 2.58 bits per heavy atom. The lowest BCUT2D eigenvalue weighted by atomic mass is 10.1. The second-order valence-corrected chi connectivity index (χ2v) is 5.31. The lowest BCUT2D eigenvalue weighted by Gasteiger charge is -2.09. The van der Waals surface area contributed by atoms with Crippen LogP contribution in [0.1, 0.15) is 15.9 Å². The molecular weight excluding hydrogens is 303 g/mol. The number of nitrogens with one attached hydrogen (secondary N) is 2. The molecule has 3 nitrogen and oxygen atoms in total. The number of para-hydroxylation sites is 1. The Labute approximate surface area is 140 Å². The van der Waals surface area contributed by atoms with Gasteiger partial charge in [-0.25, -0.2) is 4.39 Å². The summed E-state index contributed by atoms with van der Waals surface area (Å²) in [5, 5.41) is 6.00. The normalized spacial score (nSPS) is 10.2. The molecule has 0 bridgehead atoms. The Kier molecular flexibility index (Phi) is 4.87. The molecule has 0 aliphatic heterocycles. The topological polar surface area (TPSA) is 41.1 Å². The Morgan fingerprint density at radius 2 is 1.79 bits per heavy atom. The first-order valence-electron chi connectivity index (χ1n) is 7.56. The third-order valence-electron chi connectivity index (χ3n) is 3.46. The number of anilines is 2. The monoisotopic (exact) mass is 319 g/mol. The highest BCUT2D eigenvalue weighted by molar-refractivity contribution is 5.95. The van der Waals surface area contributed by atoms with Crippen molar-refractivity contribution in [2.75, 3.05) is 5.32 Å². The largest absolute Gasteiger partial charge is 0.355 e. The Hall–Kier alpha value is -3.14. The molecule has 0 aliphatic rings. The number of hydrogen-bond donors (Lipinski definition) is 2. The van der Waals surface area contributed by atoms with Gasteiger partial charge in [0.25, 0.3) is 5.91 Å². The highest BCUT2D eigenvalue weighted by Crippen LogP contribution is 2.17. The molecule has 119 valence electrons. The minimum atomic E-state index is -0.316. The second-order valence-electron chi connectivity index (χ2n) is 5.31. The summed E-state index contributed by atoms with van der Waals surface area (Å²) in [6.45, 7) is 0.271. The highest BCUT2D eigenvalue weighted by Gasteiger charge is 2.07. The lowest BCUT2D eigenvalue weighted by Crippen LogP contribution is -2.22. The van der Waals surface area contributed by atoms with Crippen molar-refractivity contribution in [1.29, 1.82) is 0 Å². The Bertz CT molecular complexity index is 834. The van der Waals surface area contributed by atoms with Crippen LogP contribution in [-0.4, -0.2) is 5.91 Å². The van der Waals surface area contributed by atoms with Crippen molar-refractivity contribution in [3.05, 3.63) is 95.8 Å². The molecule has 0 saturated heterocycles. The van der Waals surface area contributed by atoms with E-state index in [-0.39, 0.29) is 18.3 Å². The summed E-state index contributed by atoms with van der Waals surface area (Å²) in [6, 6.07) is 24.0. The zero-order chi connectivity index (χ0) is 16.8. The van der Waals surface area contributed by atoms with Crippen molar-refractivity contribution in [3.63, 3.8) is 0 Å². The molecule has 0 fully saturated rings. The van der Waals surface area contributed by atoms with Gasteiger partial charge in [0.05, 0.1) is 0 Å². The number of carbonyl (C=O) groups is 1. The fourth-order valence-corrected chi connectivity index (χ4v) is 2.29. The van der Waals surface area contributed by atoms with Crippen molar-refractivity contribution in [2.24, 2.45) is 0 Å². The number of halogens is 1. The van der Waals surface area contributed by atoms with Crippen LogP contribution in [0.25, 0.3) is 0 Å². The Balaban J connectivity index is 1.66. The molecule has 0 saturated carbocycles. The first-order valence-corrected chi connectivity index (χ1v) is 7.56. The predicted molar refractivity (Wildman–Crippen MR) is 92.6 cm³/mol. The van der Waals surface area contributed by atoms with Crippen LogP contribution >= 0.6 is 0 Å². The van der Waals surface area contributed by atoms with Gasteiger partial charge in [0.15, 0.2) is 0 Å². The predicted octanol–water partition coefficient (Wildman–Crippen LogP) is 4.30. The zero-order valence-corrected chi connectivity index (χ0v) is 12.9. The average Bonchev–Trinajstić information content (AvgIpc) is 2.61. The lowest BCUT2D eigenvalue weighted by molar-refractivity contribution is 0.0951. The van der Waals surface area contributed by atoms with Crippen molar-refractivity contribution >= 4 is 17.3 Å². The Morgan fingerprint density at radius 1 is 0.958 bits per heavy atom. The molecule has 0 aliphatic carbocycles. The maximum Gasteiger partial charge on any atom is 0.251 e. The van der Waals surface area contributed by atoms with E-state index >= 15 is 0 Å². The molecule has 1 radical (unpaired) electrons. The van der Waals surface area contributed by atoms with E-state index in [1.54, 1.807) is 30.3 Å². The van der Waals surface area contributed by atoms with Crippen LogP contribution in [0.2, 0.25) is 0 Å². The van der Waals surface area contributed by atoms with E-state index in [9.17, 15) is 9.18 Å². The molecule has 0 spiro atoms. The number of amides is 1. The molecule has 3 aromatic rings. The molecule has 3 aromatic carbocycles. The molecule has 0 aromatic heterocycles. The summed E-state index contributed by atoms with van der Waals surface area (Å²) >= 11 is 0. The number of hydrogen-bond acceptors (Lipinski definition) is 2. The first-order chi connectivity index (χ1) is 11.7. The van der Waals surface area contributed by atoms with Gasteiger partial charge in [0, 0.05) is 23.5 Å². The summed E-state index contributed by atoms with van der Waals surface area (Å²) in [6.07, 6.45) is 0. The van der Waals surface area contributed by atoms with Crippen LogP contribution in [0, 0.1) is 11.9 Å². The molecule has 0 heterocycles. The summed E-state index contributed by atoms with van der Waals surface area (Å²) in [7, 11) is 0. The molecule has 0 atom stereocenters. The van der Waals surface area contributed by atoms with E-state index in [4.69, 9.17) is 0 Å². The fourth-order valence-electron chi connectivity index (χ4n) is 2.29. The van der Waals surface area contributed by atoms with Crippen LogP contribution < -0.4 is 10.6 Å². The standard InChI is InChI=1S/C20H16FN2O/c21-17-8-4-6-15(12-17)14-22-20(24)16-7-5-11-19(13-16)23-18-9-2-1-3-10-18/h1-4,6-13,23H,14H2,(H,22,24). The van der Waals surface area contributed by atoms with Gasteiger partial charge in [-0.15, -0.1) is 0 Å². The summed E-state index contributed by atoms with van der Waals surface area (Å²) in [5.74, 6) is -0.545. The van der Waals surface area contributed by atoms with Crippen LogP contribution in [0.15, 0.2) is 72.8 Å². The van der Waals surface area contributed by atoms with Crippen molar-refractivity contribution in [1.82, 2.24) is 5.32 Å². The first kappa shape index (κ1) is 15.7. The molecule has 4 heteroatoms. The van der Waals surface area contributed by atoms with Crippen molar-refractivity contribution < 1.29 is 9.18 Å². The van der Waals surface area contributed by atoms with E-state index in [1.165, 1.54) is 12.1 Å². The number of benzene rings is 3. The van der Waals surface area contributed by atoms with Gasteiger partial charge in [-0.05, 0) is 54.1 Å². The summed E-state index contributed by atoms with van der Waals surface area (Å²) in [5.41, 5.74) is 2.92. The third kappa shape index (κ3) is 4.20. The van der Waals surface area contributed by atoms with Crippen LogP contribution in [0.3, 0.4) is 0 Å². The van der Waals surface area contributed by atoms with Gasteiger partial charge < -0.3 is 10.6 Å². The molecule has 3 rings (SSSR count). The summed E-state index contributed by atoms with van der Waals surface area (Å²) in [4.78, 5) is 12.3. The molecule has 0 unspecified atom stereocenters. The maximum absolute atomic E-state index is 13.1. The van der Waals surface area contributed by atoms with E-state index < -0.39 is 0 Å². The smallest absolute Gasteiger partial charge is 0.251 e. The highest BCUT2D eigenvalue weighted by atomic mass is 19.1. The molecule has 2 N–H and O–H groups in total. The van der Waals surface area contributed by atoms with Crippen LogP contribution in [-0.2, 0) is 6.54 Å². The minimum absolute atomic E-state index is 0.229. The third-order valence-corrected chi connectivity index (χ3v) is 3.46. The molecule has 1 amide bonds. The van der Waals surface area contributed by atoms with E-state index in [0.29, 0.717) is 11.1 Å². The van der Waals surface area contributed by atoms with Crippen molar-refractivity contribution in [2.45, 2.75) is 6.54 Å². The molecule has 24 heavy (non-hydrogen) atoms.